The number of nitrogens with two attached hydrogens (primary N) is 1. The molecule has 4 N–H and O–H groups in total. The van der Waals surface area contributed by atoms with E-state index in [4.69, 9.17) is 5.84 Å². The highest BCUT2D eigenvalue weighted by Crippen LogP contribution is 2.32. The van der Waals surface area contributed by atoms with Gasteiger partial charge in [-0.15, -0.1) is 10.2 Å². The summed E-state index contributed by atoms with van der Waals surface area (Å²) in [6, 6.07) is 3.74. The predicted molar refractivity (Wildman–Crippen MR) is 76.4 cm³/mol. The highest BCUT2D eigenvalue weighted by atomic mass is 32.2. The number of nitrogens with one attached hydrogen (secondary N) is 2. The minimum Gasteiger partial charge on any atom is -0.318 e. The molecule has 21 heavy (non-hydrogen) atoms. The SMILES string of the molecule is Cc1nnc(NS(=O)(=O)c2cccc(NN)c2[N+](=O)[O-])s1. The lowest BCUT2D eigenvalue weighted by atomic mass is 10.3. The number of sulfonamides is 1. The Balaban J connectivity index is 2.52. The highest BCUT2D eigenvalue weighted by molar-refractivity contribution is 7.93. The van der Waals surface area contributed by atoms with Gasteiger partial charge >= 0.3 is 5.69 Å². The van der Waals surface area contributed by atoms with Gasteiger partial charge in [0.25, 0.3) is 10.0 Å². The fourth-order valence-electron chi connectivity index (χ4n) is 1.55. The second-order valence-electron chi connectivity index (χ2n) is 3.79. The van der Waals surface area contributed by atoms with E-state index < -0.39 is 25.5 Å². The summed E-state index contributed by atoms with van der Waals surface area (Å²) in [5.74, 6) is 5.17. The van der Waals surface area contributed by atoms with Gasteiger partial charge in [-0.25, -0.2) is 8.42 Å². The van der Waals surface area contributed by atoms with Crippen molar-refractivity contribution in [3.05, 3.63) is 33.3 Å². The van der Waals surface area contributed by atoms with Crippen molar-refractivity contribution in [3.8, 4) is 0 Å². The van der Waals surface area contributed by atoms with Gasteiger partial charge in [-0.05, 0) is 19.1 Å². The van der Waals surface area contributed by atoms with Gasteiger partial charge in [0.1, 0.15) is 10.7 Å². The summed E-state index contributed by atoms with van der Waals surface area (Å²) in [5.41, 5.74) is 1.34. The predicted octanol–water partition coefficient (Wildman–Crippen LogP) is 0.841. The molecule has 0 unspecified atom stereocenters. The summed E-state index contributed by atoms with van der Waals surface area (Å²) in [5, 5.41) is 18.9. The first kappa shape index (κ1) is 15.1. The lowest BCUT2D eigenvalue weighted by Gasteiger charge is -2.08. The fourth-order valence-corrected chi connectivity index (χ4v) is 3.57. The molecule has 1 aromatic heterocycles. The molecule has 0 aliphatic carbocycles. The van der Waals surface area contributed by atoms with Crippen LogP contribution in [0.5, 0.6) is 0 Å². The molecule has 0 radical (unpaired) electrons. The van der Waals surface area contributed by atoms with Crippen molar-refractivity contribution in [2.75, 3.05) is 10.1 Å². The molecule has 0 saturated heterocycles. The molecule has 0 fully saturated rings. The number of aryl methyl sites for hydroxylation is 1. The lowest BCUT2D eigenvalue weighted by Crippen LogP contribution is -2.17. The molecule has 0 bridgehead atoms. The fraction of sp³-hybridized carbons (Fsp3) is 0.111. The standard InChI is InChI=1S/C9H10N6O4S2/c1-5-12-13-9(20-5)14-21(18,19)7-4-2-3-6(11-10)8(7)15(16)17/h2-4,11H,10H2,1H3,(H,13,14). The first-order valence-electron chi connectivity index (χ1n) is 5.42. The van der Waals surface area contributed by atoms with Crippen molar-refractivity contribution in [1.82, 2.24) is 10.2 Å². The largest absolute Gasteiger partial charge is 0.318 e. The first-order chi connectivity index (χ1) is 9.85. The van der Waals surface area contributed by atoms with Gasteiger partial charge in [0.05, 0.1) is 4.92 Å². The zero-order valence-electron chi connectivity index (χ0n) is 10.6. The van der Waals surface area contributed by atoms with Crippen LogP contribution in [0.1, 0.15) is 5.01 Å². The number of nitro groups is 1. The van der Waals surface area contributed by atoms with Crippen molar-refractivity contribution < 1.29 is 13.3 Å². The van der Waals surface area contributed by atoms with Crippen molar-refractivity contribution in [2.24, 2.45) is 5.84 Å². The van der Waals surface area contributed by atoms with E-state index in [1.54, 1.807) is 6.92 Å². The third kappa shape index (κ3) is 3.07. The molecule has 1 aromatic carbocycles. The lowest BCUT2D eigenvalue weighted by molar-refractivity contribution is -0.386. The van der Waals surface area contributed by atoms with E-state index >= 15 is 0 Å². The number of anilines is 2. The number of aromatic nitrogens is 2. The van der Waals surface area contributed by atoms with E-state index in [2.05, 4.69) is 20.3 Å². The molecule has 0 aliphatic rings. The molecule has 0 atom stereocenters. The third-order valence-electron chi connectivity index (χ3n) is 2.37. The molecule has 1 heterocycles. The number of nitrogens with zero attached hydrogens (tertiary/aromatic N) is 3. The van der Waals surface area contributed by atoms with Gasteiger partial charge in [0.15, 0.2) is 4.90 Å². The van der Waals surface area contributed by atoms with Gasteiger partial charge in [0.2, 0.25) is 5.13 Å². The molecule has 0 amide bonds. The first-order valence-corrected chi connectivity index (χ1v) is 7.72. The maximum atomic E-state index is 12.3. The van der Waals surface area contributed by atoms with Crippen LogP contribution in [0.15, 0.2) is 23.1 Å². The van der Waals surface area contributed by atoms with Gasteiger partial charge < -0.3 is 5.43 Å². The smallest absolute Gasteiger partial charge is 0.314 e. The van der Waals surface area contributed by atoms with Crippen LogP contribution in [-0.2, 0) is 10.0 Å². The number of hydrogen-bond donors (Lipinski definition) is 3. The maximum absolute atomic E-state index is 12.3. The molecular weight excluding hydrogens is 320 g/mol. The van der Waals surface area contributed by atoms with Crippen LogP contribution < -0.4 is 16.0 Å². The van der Waals surface area contributed by atoms with Crippen LogP contribution in [0.3, 0.4) is 0 Å². The summed E-state index contributed by atoms with van der Waals surface area (Å²) in [4.78, 5) is 9.76. The Morgan fingerprint density at radius 3 is 2.62 bits per heavy atom. The molecule has 112 valence electrons. The van der Waals surface area contributed by atoms with E-state index in [9.17, 15) is 18.5 Å². The molecule has 0 saturated carbocycles. The van der Waals surface area contributed by atoms with E-state index in [-0.39, 0.29) is 10.8 Å². The average Bonchev–Trinajstić information content (AvgIpc) is 2.82. The van der Waals surface area contributed by atoms with E-state index in [1.165, 1.54) is 12.1 Å². The molecule has 12 heteroatoms. The third-order valence-corrected chi connectivity index (χ3v) is 4.63. The minimum atomic E-state index is -4.19. The van der Waals surface area contributed by atoms with Gasteiger partial charge in [-0.2, -0.15) is 0 Å². The Hall–Kier alpha value is -2.31. The van der Waals surface area contributed by atoms with E-state index in [1.807, 2.05) is 0 Å². The second-order valence-corrected chi connectivity index (χ2v) is 6.62. The molecule has 0 aliphatic heterocycles. The van der Waals surface area contributed by atoms with Crippen LogP contribution in [0, 0.1) is 17.0 Å². The number of nitrogen functional groups attached to an aromatic ring is 1. The molecule has 10 nitrogen and oxygen atoms in total. The van der Waals surface area contributed by atoms with E-state index in [0.29, 0.717) is 5.01 Å². The quantitative estimate of drug-likeness (QED) is 0.414. The Labute approximate surface area is 123 Å². The number of para-hydroxylation sites is 1. The molecule has 2 rings (SSSR count). The monoisotopic (exact) mass is 330 g/mol. The van der Waals surface area contributed by atoms with Crippen LogP contribution >= 0.6 is 11.3 Å². The summed E-state index contributed by atoms with van der Waals surface area (Å²) in [7, 11) is -4.19. The van der Waals surface area contributed by atoms with Crippen molar-refractivity contribution >= 4 is 37.9 Å². The molecule has 0 spiro atoms. The van der Waals surface area contributed by atoms with Gasteiger partial charge in [0, 0.05) is 0 Å². The summed E-state index contributed by atoms with van der Waals surface area (Å²) in [6.45, 7) is 1.65. The number of hydrazine groups is 1. The number of rotatable bonds is 5. The van der Waals surface area contributed by atoms with Crippen molar-refractivity contribution in [2.45, 2.75) is 11.8 Å². The van der Waals surface area contributed by atoms with Crippen LogP contribution in [0.2, 0.25) is 0 Å². The second kappa shape index (κ2) is 5.59. The zero-order valence-corrected chi connectivity index (χ0v) is 12.2. The molecule has 2 aromatic rings. The van der Waals surface area contributed by atoms with E-state index in [0.717, 1.165) is 17.4 Å². The van der Waals surface area contributed by atoms with Crippen LogP contribution in [-0.4, -0.2) is 23.5 Å². The normalized spacial score (nSPS) is 11.1. The summed E-state index contributed by atoms with van der Waals surface area (Å²) < 4.78 is 26.7. The van der Waals surface area contributed by atoms with Crippen LogP contribution in [0.25, 0.3) is 0 Å². The Bertz CT molecular complexity index is 787. The average molecular weight is 330 g/mol. The van der Waals surface area contributed by atoms with Crippen molar-refractivity contribution in [1.29, 1.82) is 0 Å². The van der Waals surface area contributed by atoms with Gasteiger partial charge in [-0.1, -0.05) is 17.4 Å². The highest BCUT2D eigenvalue weighted by Gasteiger charge is 2.29. The summed E-state index contributed by atoms with van der Waals surface area (Å²) in [6.07, 6.45) is 0. The van der Waals surface area contributed by atoms with Crippen LogP contribution in [0.4, 0.5) is 16.5 Å². The Kier molecular flexibility index (Phi) is 4.02. The number of hydrogen-bond acceptors (Lipinski definition) is 9. The van der Waals surface area contributed by atoms with Crippen molar-refractivity contribution in [3.63, 3.8) is 0 Å². The zero-order chi connectivity index (χ0) is 15.6. The maximum Gasteiger partial charge on any atom is 0.314 e. The number of nitro benzene ring substituents is 1. The Morgan fingerprint density at radius 1 is 1.38 bits per heavy atom. The number of benzene rings is 1. The topological polar surface area (TPSA) is 153 Å². The minimum absolute atomic E-state index is 0.0212. The molecular formula is C9H10N6O4S2. The van der Waals surface area contributed by atoms with Gasteiger partial charge in [-0.3, -0.25) is 20.7 Å². The Morgan fingerprint density at radius 2 is 2.10 bits per heavy atom. The summed E-state index contributed by atoms with van der Waals surface area (Å²) >= 11 is 1.01.